The molecule has 49 heavy (non-hydrogen) atoms. The number of unbranched alkanes of at least 4 members (excludes halogenated alkanes) is 28. The SMILES string of the molecule is C.C.CCCCCCCCCCCCCCCCCC(=O)OCC[S-].CCCCCCCCCCCCCCCCCC(=O)OCC[S-].[Sn+2]. The molecule has 0 aromatic carbocycles. The Kier molecular flexibility index (Phi) is 66.2. The summed E-state index contributed by atoms with van der Waals surface area (Å²) in [6, 6.07) is 0. The Balaban J connectivity index is -0.000000248. The van der Waals surface area contributed by atoms with Gasteiger partial charge in [0.05, 0.1) is 13.2 Å². The number of esters is 2. The fourth-order valence-electron chi connectivity index (χ4n) is 5.74. The summed E-state index contributed by atoms with van der Waals surface area (Å²) in [5.41, 5.74) is 0. The first-order valence-corrected chi connectivity index (χ1v) is 21.2. The number of hydrogen-bond donors (Lipinski definition) is 0. The van der Waals surface area contributed by atoms with Gasteiger partial charge in [0.2, 0.25) is 0 Å². The number of rotatable bonds is 36. The van der Waals surface area contributed by atoms with Crippen LogP contribution in [0, 0.1) is 0 Å². The van der Waals surface area contributed by atoms with Crippen LogP contribution in [0.5, 0.6) is 0 Å². The van der Waals surface area contributed by atoms with Gasteiger partial charge in [0.15, 0.2) is 0 Å². The molecule has 0 aliphatic rings. The Morgan fingerprint density at radius 2 is 0.551 bits per heavy atom. The molecular weight excluding hydrogens is 751 g/mol. The maximum atomic E-state index is 11.3. The number of hydrogen-bond acceptors (Lipinski definition) is 6. The topological polar surface area (TPSA) is 52.6 Å². The van der Waals surface area contributed by atoms with Crippen LogP contribution in [0.2, 0.25) is 0 Å². The zero-order valence-corrected chi connectivity index (χ0v) is 35.9. The fourth-order valence-corrected chi connectivity index (χ4v) is 5.90. The smallest absolute Gasteiger partial charge is 0.789 e. The third-order valence-corrected chi connectivity index (χ3v) is 9.00. The summed E-state index contributed by atoms with van der Waals surface area (Å²) >= 11 is 9.48. The van der Waals surface area contributed by atoms with E-state index in [1.54, 1.807) is 0 Å². The maximum Gasteiger partial charge on any atom is 2.00 e. The monoisotopic (exact) mass is 838 g/mol. The first-order valence-electron chi connectivity index (χ1n) is 20.1. The van der Waals surface area contributed by atoms with E-state index in [1.165, 1.54) is 167 Å². The van der Waals surface area contributed by atoms with Gasteiger partial charge in [0.1, 0.15) is 0 Å². The molecule has 0 aliphatic heterocycles. The van der Waals surface area contributed by atoms with Crippen LogP contribution in [0.15, 0.2) is 0 Å². The Bertz CT molecular complexity index is 545. The minimum atomic E-state index is -0.0791. The van der Waals surface area contributed by atoms with Crippen molar-refractivity contribution in [2.45, 2.75) is 234 Å². The molecule has 0 saturated heterocycles. The van der Waals surface area contributed by atoms with Crippen molar-refractivity contribution in [3.63, 3.8) is 0 Å². The molecule has 2 radical (unpaired) electrons. The molecule has 0 atom stereocenters. The molecule has 294 valence electrons. The molecule has 7 heteroatoms. The molecule has 0 aliphatic carbocycles. The molecule has 0 fully saturated rings. The van der Waals surface area contributed by atoms with E-state index in [9.17, 15) is 9.59 Å². The van der Waals surface area contributed by atoms with Gasteiger partial charge in [-0.3, -0.25) is 9.59 Å². The van der Waals surface area contributed by atoms with Crippen LogP contribution in [-0.4, -0.2) is 60.6 Å². The Morgan fingerprint density at radius 3 is 0.735 bits per heavy atom. The summed E-state index contributed by atoms with van der Waals surface area (Å²) in [6.45, 7) is 5.34. The third-order valence-electron chi connectivity index (χ3n) is 8.66. The van der Waals surface area contributed by atoms with E-state index in [1.807, 2.05) is 0 Å². The predicted molar refractivity (Wildman–Crippen MR) is 225 cm³/mol. The minimum absolute atomic E-state index is 0. The predicted octanol–water partition coefficient (Wildman–Crippen LogP) is 13.6. The standard InChI is InChI=1S/2C20H40O2S.2CH4.Sn/c2*1-2-3-4-5-6-7-8-9-10-11-12-13-14-15-16-17-20(21)22-18-19-23;;;/h2*23H,2-19H2,1H3;2*1H4;/q;;;;+2/p-2. The van der Waals surface area contributed by atoms with Crippen molar-refractivity contribution < 1.29 is 19.1 Å². The molecule has 4 nitrogen and oxygen atoms in total. The molecular formula is C42H86O4S2Sn. The van der Waals surface area contributed by atoms with Crippen molar-refractivity contribution in [3.05, 3.63) is 0 Å². The number of carbonyl (C=O) groups excluding carboxylic acids is 2. The first-order chi connectivity index (χ1) is 22.6. The van der Waals surface area contributed by atoms with E-state index < -0.39 is 0 Å². The Morgan fingerprint density at radius 1 is 0.367 bits per heavy atom. The minimum Gasteiger partial charge on any atom is -0.789 e. The van der Waals surface area contributed by atoms with Crippen LogP contribution >= 0.6 is 0 Å². The van der Waals surface area contributed by atoms with Gasteiger partial charge in [-0.15, -0.1) is 11.5 Å². The van der Waals surface area contributed by atoms with Gasteiger partial charge in [-0.05, 0) is 12.8 Å². The van der Waals surface area contributed by atoms with E-state index in [-0.39, 0.29) is 50.7 Å². The van der Waals surface area contributed by atoms with E-state index in [0.29, 0.717) is 37.6 Å². The van der Waals surface area contributed by atoms with E-state index >= 15 is 0 Å². The van der Waals surface area contributed by atoms with E-state index in [4.69, 9.17) is 34.7 Å². The quantitative estimate of drug-likeness (QED) is 0.0271. The molecule has 0 heterocycles. The van der Waals surface area contributed by atoms with Gasteiger partial charge in [-0.25, -0.2) is 0 Å². The van der Waals surface area contributed by atoms with Crippen molar-refractivity contribution in [1.82, 2.24) is 0 Å². The molecule has 0 unspecified atom stereocenters. The zero-order valence-electron chi connectivity index (χ0n) is 31.4. The molecule has 0 bridgehead atoms. The van der Waals surface area contributed by atoms with E-state index in [0.717, 1.165) is 25.7 Å². The average Bonchev–Trinajstić information content (AvgIpc) is 3.06. The van der Waals surface area contributed by atoms with Crippen molar-refractivity contribution in [3.8, 4) is 0 Å². The maximum absolute atomic E-state index is 11.3. The van der Waals surface area contributed by atoms with Crippen LogP contribution in [0.1, 0.15) is 234 Å². The largest absolute Gasteiger partial charge is 2.00 e. The van der Waals surface area contributed by atoms with Gasteiger partial charge in [0, 0.05) is 12.8 Å². The van der Waals surface area contributed by atoms with Crippen molar-refractivity contribution in [1.29, 1.82) is 0 Å². The number of carbonyl (C=O) groups is 2. The summed E-state index contributed by atoms with van der Waals surface area (Å²) in [6.07, 6.45) is 41.5. The van der Waals surface area contributed by atoms with Crippen molar-refractivity contribution >= 4 is 61.1 Å². The number of ether oxygens (including phenoxy) is 2. The second-order valence-corrected chi connectivity index (χ2v) is 14.1. The van der Waals surface area contributed by atoms with Gasteiger partial charge < -0.3 is 34.7 Å². The Labute approximate surface area is 337 Å². The summed E-state index contributed by atoms with van der Waals surface area (Å²) in [5.74, 6) is 0.851. The van der Waals surface area contributed by atoms with Crippen molar-refractivity contribution in [2.24, 2.45) is 0 Å². The van der Waals surface area contributed by atoms with E-state index in [2.05, 4.69) is 13.8 Å². The van der Waals surface area contributed by atoms with Crippen LogP contribution in [0.25, 0.3) is 0 Å². The molecule has 0 spiro atoms. The molecule has 0 aromatic rings. The van der Waals surface area contributed by atoms with Gasteiger partial charge >= 0.3 is 35.8 Å². The van der Waals surface area contributed by atoms with Crippen molar-refractivity contribution in [2.75, 3.05) is 24.7 Å². The third kappa shape index (κ3) is 58.0. The Hall–Kier alpha value is 0.439. The van der Waals surface area contributed by atoms with Gasteiger partial charge in [-0.1, -0.05) is 208 Å². The first kappa shape index (κ1) is 58.7. The average molecular weight is 838 g/mol. The second kappa shape index (κ2) is 55.2. The van der Waals surface area contributed by atoms with Crippen LogP contribution in [0.3, 0.4) is 0 Å². The molecule has 0 rings (SSSR count). The van der Waals surface area contributed by atoms with Crippen LogP contribution < -0.4 is 0 Å². The molecule has 0 aromatic heterocycles. The summed E-state index contributed by atoms with van der Waals surface area (Å²) in [5, 5.41) is 0. The molecule has 0 amide bonds. The zero-order chi connectivity index (χ0) is 34.0. The van der Waals surface area contributed by atoms with Crippen LogP contribution in [-0.2, 0) is 44.3 Å². The summed E-state index contributed by atoms with van der Waals surface area (Å²) in [7, 11) is 0. The second-order valence-electron chi connectivity index (χ2n) is 13.2. The van der Waals surface area contributed by atoms with Crippen LogP contribution in [0.4, 0.5) is 0 Å². The fraction of sp³-hybridized carbons (Fsp3) is 0.952. The summed E-state index contributed by atoms with van der Waals surface area (Å²) in [4.78, 5) is 22.5. The molecule has 0 N–H and O–H groups in total. The molecule has 0 saturated carbocycles. The normalized spacial score (nSPS) is 10.2. The summed E-state index contributed by atoms with van der Waals surface area (Å²) < 4.78 is 9.93. The van der Waals surface area contributed by atoms with Gasteiger partial charge in [0.25, 0.3) is 0 Å². The van der Waals surface area contributed by atoms with Gasteiger partial charge in [-0.2, -0.15) is 0 Å².